The van der Waals surface area contributed by atoms with Gasteiger partial charge in [-0.1, -0.05) is 25.1 Å². The van der Waals surface area contributed by atoms with Crippen LogP contribution in [0.4, 0.5) is 5.69 Å². The van der Waals surface area contributed by atoms with Gasteiger partial charge < -0.3 is 0 Å². The molecule has 0 aromatic heterocycles. The molecule has 0 saturated carbocycles. The van der Waals surface area contributed by atoms with E-state index in [1.54, 1.807) is 0 Å². The van der Waals surface area contributed by atoms with Gasteiger partial charge in [0.15, 0.2) is 0 Å². The quantitative estimate of drug-likeness (QED) is 0.792. The lowest BCUT2D eigenvalue weighted by atomic mass is 9.59. The second kappa shape index (κ2) is 4.14. The van der Waals surface area contributed by atoms with Crippen LogP contribution in [-0.2, 0) is 4.79 Å². The average Bonchev–Trinajstić information content (AvgIpc) is 3.06. The first-order chi connectivity index (χ1) is 10.7. The predicted molar refractivity (Wildman–Crippen MR) is 86.8 cm³/mol. The summed E-state index contributed by atoms with van der Waals surface area (Å²) in [6.45, 7) is 4.67. The highest BCUT2D eigenvalue weighted by Gasteiger charge is 2.71. The number of fused-ring (bicyclic) bond motifs is 3. The molecule has 1 unspecified atom stereocenters. The SMILES string of the molecule is CC[C@@]12CCCN3CC[C@H]4c5ccccc5N(C(=O)CC1)C432. The minimum Gasteiger partial charge on any atom is -0.292 e. The van der Waals surface area contributed by atoms with Crippen molar-refractivity contribution in [3.63, 3.8) is 0 Å². The van der Waals surface area contributed by atoms with E-state index >= 15 is 0 Å². The zero-order chi connectivity index (χ0) is 14.9. The Kier molecular flexibility index (Phi) is 2.47. The number of rotatable bonds is 1. The van der Waals surface area contributed by atoms with Crippen LogP contribution >= 0.6 is 0 Å². The number of benzene rings is 1. The molecule has 0 N–H and O–H groups in total. The Bertz CT molecular complexity index is 657. The van der Waals surface area contributed by atoms with Gasteiger partial charge in [-0.25, -0.2) is 0 Å². The van der Waals surface area contributed by atoms with Crippen LogP contribution in [0.1, 0.15) is 56.9 Å². The lowest BCUT2D eigenvalue weighted by molar-refractivity contribution is -0.137. The summed E-state index contributed by atoms with van der Waals surface area (Å²) in [5.41, 5.74) is 2.89. The van der Waals surface area contributed by atoms with E-state index in [1.807, 2.05) is 0 Å². The number of carbonyl (C=O) groups excluding carboxylic acids is 1. The minimum atomic E-state index is -0.0426. The molecule has 4 aliphatic heterocycles. The highest BCUT2D eigenvalue weighted by molar-refractivity contribution is 5.99. The maximum absolute atomic E-state index is 13.0. The van der Waals surface area contributed by atoms with Crippen molar-refractivity contribution in [2.45, 2.75) is 57.0 Å². The maximum Gasteiger partial charge on any atom is 0.228 e. The smallest absolute Gasteiger partial charge is 0.228 e. The van der Waals surface area contributed by atoms with Crippen molar-refractivity contribution in [2.24, 2.45) is 5.41 Å². The van der Waals surface area contributed by atoms with Crippen LogP contribution < -0.4 is 4.90 Å². The lowest BCUT2D eigenvalue weighted by Crippen LogP contribution is -2.73. The molecule has 1 spiro atoms. The molecule has 4 heterocycles. The molecule has 3 heteroatoms. The van der Waals surface area contributed by atoms with Crippen molar-refractivity contribution in [2.75, 3.05) is 18.0 Å². The van der Waals surface area contributed by atoms with E-state index in [9.17, 15) is 4.79 Å². The second-order valence-electron chi connectivity index (χ2n) is 7.58. The summed E-state index contributed by atoms with van der Waals surface area (Å²) in [5.74, 6) is 0.876. The molecule has 116 valence electrons. The van der Waals surface area contributed by atoms with Gasteiger partial charge in [-0.2, -0.15) is 0 Å². The highest BCUT2D eigenvalue weighted by Crippen LogP contribution is 2.68. The van der Waals surface area contributed by atoms with Gasteiger partial charge in [-0.15, -0.1) is 0 Å². The molecule has 3 atom stereocenters. The topological polar surface area (TPSA) is 23.6 Å². The summed E-state index contributed by atoms with van der Waals surface area (Å²) in [4.78, 5) is 17.9. The largest absolute Gasteiger partial charge is 0.292 e. The molecule has 1 amide bonds. The van der Waals surface area contributed by atoms with Crippen LogP contribution in [0.3, 0.4) is 0 Å². The summed E-state index contributed by atoms with van der Waals surface area (Å²) in [6.07, 6.45) is 6.79. The Labute approximate surface area is 132 Å². The highest BCUT2D eigenvalue weighted by atomic mass is 16.2. The molecule has 5 rings (SSSR count). The lowest BCUT2D eigenvalue weighted by Gasteiger charge is -2.62. The first-order valence-corrected chi connectivity index (χ1v) is 8.92. The van der Waals surface area contributed by atoms with E-state index in [4.69, 9.17) is 0 Å². The van der Waals surface area contributed by atoms with E-state index in [2.05, 4.69) is 41.0 Å². The van der Waals surface area contributed by atoms with E-state index in [1.165, 1.54) is 36.9 Å². The number of hydrogen-bond donors (Lipinski definition) is 0. The Morgan fingerprint density at radius 2 is 2.09 bits per heavy atom. The van der Waals surface area contributed by atoms with Gasteiger partial charge in [0.1, 0.15) is 5.66 Å². The van der Waals surface area contributed by atoms with E-state index in [0.29, 0.717) is 17.2 Å². The molecule has 3 saturated heterocycles. The van der Waals surface area contributed by atoms with Crippen molar-refractivity contribution in [1.82, 2.24) is 4.90 Å². The Hall–Kier alpha value is -1.35. The maximum atomic E-state index is 13.0. The molecular formula is C19H24N2O. The van der Waals surface area contributed by atoms with Crippen molar-refractivity contribution < 1.29 is 4.79 Å². The zero-order valence-corrected chi connectivity index (χ0v) is 13.3. The minimum absolute atomic E-state index is 0.0426. The van der Waals surface area contributed by atoms with Crippen LogP contribution in [0.2, 0.25) is 0 Å². The first kappa shape index (κ1) is 13.1. The van der Waals surface area contributed by atoms with Crippen molar-refractivity contribution in [3.05, 3.63) is 29.8 Å². The van der Waals surface area contributed by atoms with Crippen molar-refractivity contribution in [1.29, 1.82) is 0 Å². The number of para-hydroxylation sites is 1. The molecular weight excluding hydrogens is 272 g/mol. The van der Waals surface area contributed by atoms with Crippen LogP contribution in [0.25, 0.3) is 0 Å². The molecule has 0 bridgehead atoms. The van der Waals surface area contributed by atoms with E-state index in [0.717, 1.165) is 25.9 Å². The summed E-state index contributed by atoms with van der Waals surface area (Å²) >= 11 is 0. The molecule has 1 aromatic rings. The van der Waals surface area contributed by atoms with Gasteiger partial charge in [0.25, 0.3) is 0 Å². The Morgan fingerprint density at radius 3 is 2.95 bits per heavy atom. The number of anilines is 1. The number of amides is 1. The number of piperidine rings is 2. The van der Waals surface area contributed by atoms with Crippen LogP contribution in [0.15, 0.2) is 24.3 Å². The van der Waals surface area contributed by atoms with Gasteiger partial charge in [-0.3, -0.25) is 14.6 Å². The van der Waals surface area contributed by atoms with Gasteiger partial charge in [0.2, 0.25) is 5.91 Å². The average molecular weight is 296 g/mol. The second-order valence-corrected chi connectivity index (χ2v) is 7.58. The summed E-state index contributed by atoms with van der Waals surface area (Å²) in [6, 6.07) is 8.70. The fourth-order valence-corrected chi connectivity index (χ4v) is 6.44. The predicted octanol–water partition coefficient (Wildman–Crippen LogP) is 3.50. The number of nitrogens with zero attached hydrogens (tertiary/aromatic N) is 2. The van der Waals surface area contributed by atoms with Crippen LogP contribution in [-0.4, -0.2) is 29.6 Å². The van der Waals surface area contributed by atoms with Crippen molar-refractivity contribution in [3.8, 4) is 0 Å². The summed E-state index contributed by atoms with van der Waals surface area (Å²) < 4.78 is 0. The third kappa shape index (κ3) is 1.20. The van der Waals surface area contributed by atoms with Gasteiger partial charge >= 0.3 is 0 Å². The number of hydrogen-bond acceptors (Lipinski definition) is 2. The molecule has 3 fully saturated rings. The van der Waals surface area contributed by atoms with Gasteiger partial charge in [0, 0.05) is 36.5 Å². The van der Waals surface area contributed by atoms with E-state index < -0.39 is 0 Å². The van der Waals surface area contributed by atoms with Crippen molar-refractivity contribution >= 4 is 11.6 Å². The molecule has 3 nitrogen and oxygen atoms in total. The Morgan fingerprint density at radius 1 is 1.23 bits per heavy atom. The van der Waals surface area contributed by atoms with Crippen LogP contribution in [0, 0.1) is 5.41 Å². The molecule has 22 heavy (non-hydrogen) atoms. The summed E-state index contributed by atoms with van der Waals surface area (Å²) in [5, 5.41) is 0. The van der Waals surface area contributed by atoms with Crippen LogP contribution in [0.5, 0.6) is 0 Å². The van der Waals surface area contributed by atoms with Gasteiger partial charge in [0.05, 0.1) is 0 Å². The molecule has 4 aliphatic rings. The zero-order valence-electron chi connectivity index (χ0n) is 13.3. The standard InChI is InChI=1S/C19H24N2O/c1-2-18-10-5-12-20-13-9-15-14-6-3-4-7-16(14)21(19(15,18)20)17(22)8-11-18/h3-4,6-7,15H,2,5,8-13H2,1H3/t15-,18+,19?/m0/s1. The monoisotopic (exact) mass is 296 g/mol. The third-order valence-corrected chi connectivity index (χ3v) is 7.16. The fraction of sp³-hybridized carbons (Fsp3) is 0.632. The number of carbonyl (C=O) groups is 1. The molecule has 1 aromatic carbocycles. The summed E-state index contributed by atoms with van der Waals surface area (Å²) in [7, 11) is 0. The molecule has 0 radical (unpaired) electrons. The first-order valence-electron chi connectivity index (χ1n) is 8.92. The van der Waals surface area contributed by atoms with Gasteiger partial charge in [-0.05, 0) is 43.7 Å². The van der Waals surface area contributed by atoms with E-state index in [-0.39, 0.29) is 5.66 Å². The third-order valence-electron chi connectivity index (χ3n) is 7.16. The molecule has 0 aliphatic carbocycles. The normalized spacial score (nSPS) is 39.6. The fourth-order valence-electron chi connectivity index (χ4n) is 6.44. The Balaban J connectivity index is 1.82.